The molecule has 0 unspecified atom stereocenters. The minimum Gasteiger partial charge on any atom is -0.379 e. The molecule has 1 aliphatic rings. The van der Waals surface area contributed by atoms with Crippen LogP contribution in [-0.2, 0) is 24.8 Å². The smallest absolute Gasteiger partial charge is 0.0807 e. The van der Waals surface area contributed by atoms with E-state index >= 15 is 0 Å². The molecule has 86 valence electrons. The first kappa shape index (κ1) is 11.1. The summed E-state index contributed by atoms with van der Waals surface area (Å²) < 4.78 is 7.08. The summed E-state index contributed by atoms with van der Waals surface area (Å²) in [6.45, 7) is 4.30. The van der Waals surface area contributed by atoms with Crippen LogP contribution in [0.5, 0.6) is 0 Å². The van der Waals surface area contributed by atoms with E-state index in [-0.39, 0.29) is 0 Å². The van der Waals surface area contributed by atoms with Gasteiger partial charge in [-0.3, -0.25) is 9.58 Å². The molecule has 0 N–H and O–H groups in total. The molecule has 0 bridgehead atoms. The van der Waals surface area contributed by atoms with Gasteiger partial charge in [0.05, 0.1) is 31.4 Å². The Balaban J connectivity index is 2.04. The number of aromatic nitrogens is 2. The third-order valence-corrected chi connectivity index (χ3v) is 2.74. The molecule has 0 saturated carbocycles. The molecular weight excluding hydrogens is 204 g/mol. The molecule has 1 aromatic rings. The van der Waals surface area contributed by atoms with Gasteiger partial charge in [-0.15, -0.1) is 0 Å². The van der Waals surface area contributed by atoms with Crippen molar-refractivity contribution >= 4 is 0 Å². The van der Waals surface area contributed by atoms with Crippen LogP contribution >= 0.6 is 0 Å². The van der Waals surface area contributed by atoms with Gasteiger partial charge in [-0.05, 0) is 0 Å². The summed E-state index contributed by atoms with van der Waals surface area (Å²) in [7, 11) is 1.89. The lowest BCUT2D eigenvalue weighted by Gasteiger charge is -2.25. The van der Waals surface area contributed by atoms with Gasteiger partial charge in [-0.2, -0.15) is 10.4 Å². The van der Waals surface area contributed by atoms with E-state index in [0.29, 0.717) is 6.42 Å². The molecule has 2 heterocycles. The zero-order chi connectivity index (χ0) is 11.4. The predicted molar refractivity (Wildman–Crippen MR) is 58.6 cm³/mol. The highest BCUT2D eigenvalue weighted by atomic mass is 16.5. The van der Waals surface area contributed by atoms with E-state index in [9.17, 15) is 0 Å². The number of hydrogen-bond donors (Lipinski definition) is 0. The van der Waals surface area contributed by atoms with Gasteiger partial charge in [0.2, 0.25) is 0 Å². The molecule has 16 heavy (non-hydrogen) atoms. The number of nitriles is 1. The number of rotatable bonds is 3. The van der Waals surface area contributed by atoms with Crippen molar-refractivity contribution in [3.63, 3.8) is 0 Å². The molecular formula is C11H16N4O. The molecule has 0 radical (unpaired) electrons. The van der Waals surface area contributed by atoms with Crippen molar-refractivity contribution in [2.75, 3.05) is 26.3 Å². The first-order valence-corrected chi connectivity index (χ1v) is 5.48. The molecule has 0 aromatic carbocycles. The third kappa shape index (κ3) is 2.60. The molecule has 5 heteroatoms. The van der Waals surface area contributed by atoms with Crippen molar-refractivity contribution in [2.24, 2.45) is 7.05 Å². The van der Waals surface area contributed by atoms with Gasteiger partial charge in [-0.25, -0.2) is 0 Å². The Morgan fingerprint density at radius 3 is 2.94 bits per heavy atom. The van der Waals surface area contributed by atoms with Crippen LogP contribution in [0.25, 0.3) is 0 Å². The topological polar surface area (TPSA) is 54.1 Å². The SMILES string of the molecule is Cn1cc(CC#N)c(CN2CCOCC2)n1. The standard InChI is InChI=1S/C11H16N4O/c1-14-8-10(2-3-12)11(13-14)9-15-4-6-16-7-5-15/h8H,2,4-7,9H2,1H3. The predicted octanol–water partition coefficient (Wildman–Crippen LogP) is 0.318. The summed E-state index contributed by atoms with van der Waals surface area (Å²) in [5.41, 5.74) is 2.06. The lowest BCUT2D eigenvalue weighted by Crippen LogP contribution is -2.36. The van der Waals surface area contributed by atoms with Crippen LogP contribution in [0.3, 0.4) is 0 Å². The zero-order valence-corrected chi connectivity index (χ0v) is 9.52. The molecule has 0 aliphatic carbocycles. The highest BCUT2D eigenvalue weighted by Crippen LogP contribution is 2.11. The fourth-order valence-corrected chi connectivity index (χ4v) is 1.92. The molecule has 0 spiro atoms. The number of ether oxygens (including phenoxy) is 1. The molecule has 0 atom stereocenters. The van der Waals surface area contributed by atoms with Crippen LogP contribution in [0.2, 0.25) is 0 Å². The number of nitrogens with zero attached hydrogens (tertiary/aromatic N) is 4. The van der Waals surface area contributed by atoms with Gasteiger partial charge in [0.25, 0.3) is 0 Å². The van der Waals surface area contributed by atoms with Crippen molar-refractivity contribution in [2.45, 2.75) is 13.0 Å². The minimum absolute atomic E-state index is 0.438. The van der Waals surface area contributed by atoms with Crippen molar-refractivity contribution in [1.29, 1.82) is 5.26 Å². The van der Waals surface area contributed by atoms with Crippen LogP contribution in [0, 0.1) is 11.3 Å². The Kier molecular flexibility index (Phi) is 3.54. The van der Waals surface area contributed by atoms with Crippen LogP contribution in [0.1, 0.15) is 11.3 Å². The molecule has 1 fully saturated rings. The first-order chi connectivity index (χ1) is 7.79. The second kappa shape index (κ2) is 5.10. The van der Waals surface area contributed by atoms with Gasteiger partial charge in [-0.1, -0.05) is 0 Å². The summed E-state index contributed by atoms with van der Waals surface area (Å²) in [6.07, 6.45) is 2.37. The van der Waals surface area contributed by atoms with E-state index in [4.69, 9.17) is 10.00 Å². The molecule has 1 aromatic heterocycles. The van der Waals surface area contributed by atoms with Crippen LogP contribution < -0.4 is 0 Å². The normalized spacial score (nSPS) is 17.2. The largest absolute Gasteiger partial charge is 0.379 e. The lowest BCUT2D eigenvalue weighted by atomic mass is 10.2. The average Bonchev–Trinajstić information content (AvgIpc) is 2.61. The summed E-state index contributed by atoms with van der Waals surface area (Å²) in [6, 6.07) is 2.18. The van der Waals surface area contributed by atoms with E-state index in [1.165, 1.54) is 0 Å². The molecule has 1 saturated heterocycles. The van der Waals surface area contributed by atoms with Crippen molar-refractivity contribution in [3.05, 3.63) is 17.5 Å². The number of aryl methyl sites for hydroxylation is 1. The lowest BCUT2D eigenvalue weighted by molar-refractivity contribution is 0.0335. The Hall–Kier alpha value is -1.38. The van der Waals surface area contributed by atoms with E-state index in [1.807, 2.05) is 13.2 Å². The Labute approximate surface area is 95.2 Å². The van der Waals surface area contributed by atoms with Crippen LogP contribution in [0.4, 0.5) is 0 Å². The van der Waals surface area contributed by atoms with Crippen LogP contribution in [-0.4, -0.2) is 41.0 Å². The van der Waals surface area contributed by atoms with Gasteiger partial charge in [0.1, 0.15) is 0 Å². The number of morpholine rings is 1. The quantitative estimate of drug-likeness (QED) is 0.736. The highest BCUT2D eigenvalue weighted by molar-refractivity contribution is 5.20. The summed E-state index contributed by atoms with van der Waals surface area (Å²) >= 11 is 0. The zero-order valence-electron chi connectivity index (χ0n) is 9.52. The maximum Gasteiger partial charge on any atom is 0.0807 e. The first-order valence-electron chi connectivity index (χ1n) is 5.48. The van der Waals surface area contributed by atoms with E-state index in [2.05, 4.69) is 16.1 Å². The molecule has 1 aliphatic heterocycles. The second-order valence-corrected chi connectivity index (χ2v) is 4.00. The summed E-state index contributed by atoms with van der Waals surface area (Å²) in [4.78, 5) is 2.31. The Morgan fingerprint density at radius 1 is 1.50 bits per heavy atom. The van der Waals surface area contributed by atoms with E-state index in [0.717, 1.165) is 44.1 Å². The monoisotopic (exact) mass is 220 g/mol. The number of hydrogen-bond acceptors (Lipinski definition) is 4. The highest BCUT2D eigenvalue weighted by Gasteiger charge is 2.15. The van der Waals surface area contributed by atoms with Crippen molar-refractivity contribution in [1.82, 2.24) is 14.7 Å². The average molecular weight is 220 g/mol. The van der Waals surface area contributed by atoms with E-state index in [1.54, 1.807) is 4.68 Å². The fourth-order valence-electron chi connectivity index (χ4n) is 1.92. The Morgan fingerprint density at radius 2 is 2.25 bits per heavy atom. The second-order valence-electron chi connectivity index (χ2n) is 4.00. The van der Waals surface area contributed by atoms with Gasteiger partial charge >= 0.3 is 0 Å². The van der Waals surface area contributed by atoms with Crippen molar-refractivity contribution < 1.29 is 4.74 Å². The van der Waals surface area contributed by atoms with Crippen molar-refractivity contribution in [3.8, 4) is 6.07 Å². The maximum atomic E-state index is 8.74. The van der Waals surface area contributed by atoms with E-state index < -0.39 is 0 Å². The minimum atomic E-state index is 0.438. The van der Waals surface area contributed by atoms with Gasteiger partial charge in [0, 0.05) is 38.4 Å². The fraction of sp³-hybridized carbons (Fsp3) is 0.636. The molecule has 5 nitrogen and oxygen atoms in total. The van der Waals surface area contributed by atoms with Gasteiger partial charge < -0.3 is 4.74 Å². The molecule has 0 amide bonds. The van der Waals surface area contributed by atoms with Crippen LogP contribution in [0.15, 0.2) is 6.20 Å². The summed E-state index contributed by atoms with van der Waals surface area (Å²) in [5, 5.41) is 13.1. The summed E-state index contributed by atoms with van der Waals surface area (Å²) in [5.74, 6) is 0. The molecule has 2 rings (SSSR count). The third-order valence-electron chi connectivity index (χ3n) is 2.74. The maximum absolute atomic E-state index is 8.74. The Bertz CT molecular complexity index is 387. The van der Waals surface area contributed by atoms with Gasteiger partial charge in [0.15, 0.2) is 0 Å².